The molecule has 0 bridgehead atoms. The largest absolute Gasteiger partial charge is 0.476 e. The van der Waals surface area contributed by atoms with Gasteiger partial charge in [-0.1, -0.05) is 47.3 Å². The fraction of sp³-hybridized carbons (Fsp3) is 0.792. The Labute approximate surface area is 188 Å². The maximum atomic E-state index is 11.4. The first-order chi connectivity index (χ1) is 14.2. The van der Waals surface area contributed by atoms with Crippen LogP contribution >= 0.6 is 0 Å². The maximum absolute atomic E-state index is 11.4. The summed E-state index contributed by atoms with van der Waals surface area (Å²) in [5, 5.41) is 13.6. The molecule has 176 valence electrons. The number of hydrogen-bond donors (Lipinski definition) is 1. The highest BCUT2D eigenvalue weighted by molar-refractivity contribution is 6.76. The minimum absolute atomic E-state index is 0.193. The summed E-state index contributed by atoms with van der Waals surface area (Å²) in [7, 11) is -1.11. The number of carboxylic acid groups (broad SMARTS) is 1. The van der Waals surface area contributed by atoms with E-state index in [1.54, 1.807) is 4.68 Å². The third kappa shape index (κ3) is 8.18. The number of hydrogen-bond acceptors (Lipinski definition) is 4. The molecule has 3 rings (SSSR count). The number of rotatable bonds is 6. The normalized spacial score (nSPS) is 19.9. The van der Waals surface area contributed by atoms with Crippen LogP contribution < -0.4 is 0 Å². The quantitative estimate of drug-likeness (QED) is 0.453. The Hall–Kier alpha value is -1.47. The standard InChI is InChI=1S/C16H28N2O3Si.C8H14O/c1-16(2)7-6-12-13(10-16)18(17-14(12)15(19)20)11-21-8-9-22(3,4)5;1-8(2)5-3-7(9)4-6-8/h6-11H2,1-5H3,(H,19,20);3-6H2,1-2H3. The summed E-state index contributed by atoms with van der Waals surface area (Å²) in [5.74, 6) is -0.480. The van der Waals surface area contributed by atoms with Gasteiger partial charge in [-0.15, -0.1) is 0 Å². The molecule has 0 spiro atoms. The Kier molecular flexibility index (Phi) is 8.31. The van der Waals surface area contributed by atoms with Crippen LogP contribution in [0.25, 0.3) is 0 Å². The van der Waals surface area contributed by atoms with E-state index in [2.05, 4.69) is 52.4 Å². The van der Waals surface area contributed by atoms with Gasteiger partial charge in [0.1, 0.15) is 12.5 Å². The Morgan fingerprint density at radius 3 is 2.16 bits per heavy atom. The molecule has 0 atom stereocenters. The number of Topliss-reactive ketones (excluding diaryl/α,β-unsaturated/α-hetero) is 1. The zero-order valence-electron chi connectivity index (χ0n) is 20.6. The number of ketones is 1. The molecular weight excluding hydrogens is 408 g/mol. The molecule has 2 aliphatic rings. The van der Waals surface area contributed by atoms with Crippen LogP contribution in [0.4, 0.5) is 0 Å². The third-order valence-electron chi connectivity index (χ3n) is 6.44. The predicted molar refractivity (Wildman–Crippen MR) is 126 cm³/mol. The second-order valence-electron chi connectivity index (χ2n) is 12.0. The summed E-state index contributed by atoms with van der Waals surface area (Å²) in [4.78, 5) is 22.1. The number of carboxylic acids is 1. The van der Waals surface area contributed by atoms with Gasteiger partial charge in [0.25, 0.3) is 0 Å². The number of fused-ring (bicyclic) bond motifs is 1. The Morgan fingerprint density at radius 2 is 1.65 bits per heavy atom. The van der Waals surface area contributed by atoms with Gasteiger partial charge in [-0.25, -0.2) is 9.48 Å². The van der Waals surface area contributed by atoms with Crippen LogP contribution in [0.1, 0.15) is 81.5 Å². The SMILES string of the molecule is CC1(C)CCC(=O)CC1.CC1(C)CCc2c(C(=O)O)nn(COCC[Si](C)(C)C)c2C1. The molecule has 1 aromatic rings. The van der Waals surface area contributed by atoms with E-state index in [1.165, 1.54) is 0 Å². The number of nitrogens with zero attached hydrogens (tertiary/aromatic N) is 2. The fourth-order valence-electron chi connectivity index (χ4n) is 4.01. The molecule has 0 aliphatic heterocycles. The van der Waals surface area contributed by atoms with E-state index in [-0.39, 0.29) is 11.1 Å². The Balaban J connectivity index is 0.000000316. The van der Waals surface area contributed by atoms with Crippen LogP contribution in [0.2, 0.25) is 25.7 Å². The first kappa shape index (κ1) is 25.8. The molecule has 0 saturated heterocycles. The van der Waals surface area contributed by atoms with Crippen molar-refractivity contribution in [2.45, 2.75) is 105 Å². The number of aromatic carboxylic acids is 1. The first-order valence-corrected chi connectivity index (χ1v) is 15.3. The highest BCUT2D eigenvalue weighted by Crippen LogP contribution is 2.36. The summed E-state index contributed by atoms with van der Waals surface area (Å²) in [5.41, 5.74) is 2.79. The molecule has 1 N–H and O–H groups in total. The van der Waals surface area contributed by atoms with Crippen LogP contribution in [0, 0.1) is 10.8 Å². The Bertz CT molecular complexity index is 778. The van der Waals surface area contributed by atoms with Gasteiger partial charge in [-0.2, -0.15) is 5.10 Å². The molecule has 0 aromatic carbocycles. The smallest absolute Gasteiger partial charge is 0.356 e. The molecule has 7 heteroatoms. The van der Waals surface area contributed by atoms with Gasteiger partial charge >= 0.3 is 5.97 Å². The molecule has 1 saturated carbocycles. The second kappa shape index (κ2) is 9.99. The van der Waals surface area contributed by atoms with Gasteiger partial charge in [0.05, 0.1) is 0 Å². The van der Waals surface area contributed by atoms with Crippen molar-refractivity contribution >= 4 is 19.8 Å². The summed E-state index contributed by atoms with van der Waals surface area (Å²) in [6, 6.07) is 1.10. The molecular formula is C24H42N2O4Si. The van der Waals surface area contributed by atoms with Crippen LogP contribution in [0.3, 0.4) is 0 Å². The van der Waals surface area contributed by atoms with Gasteiger partial charge in [0.2, 0.25) is 0 Å². The van der Waals surface area contributed by atoms with Gasteiger partial charge in [0.15, 0.2) is 5.69 Å². The number of carbonyl (C=O) groups is 2. The third-order valence-corrected chi connectivity index (χ3v) is 8.14. The molecule has 0 amide bonds. The monoisotopic (exact) mass is 450 g/mol. The summed E-state index contributed by atoms with van der Waals surface area (Å²) < 4.78 is 7.53. The van der Waals surface area contributed by atoms with E-state index in [1.807, 2.05) is 0 Å². The average Bonchev–Trinajstić information content (AvgIpc) is 2.98. The van der Waals surface area contributed by atoms with Crippen molar-refractivity contribution in [3.8, 4) is 0 Å². The number of carbonyl (C=O) groups excluding carboxylic acids is 1. The zero-order chi connectivity index (χ0) is 23.4. The molecule has 0 radical (unpaired) electrons. The lowest BCUT2D eigenvalue weighted by atomic mass is 9.76. The summed E-state index contributed by atoms with van der Waals surface area (Å²) >= 11 is 0. The van der Waals surface area contributed by atoms with Gasteiger partial charge < -0.3 is 9.84 Å². The van der Waals surface area contributed by atoms with Crippen molar-refractivity contribution in [2.75, 3.05) is 6.61 Å². The molecule has 0 unspecified atom stereocenters. The van der Waals surface area contributed by atoms with E-state index < -0.39 is 14.0 Å². The number of ether oxygens (including phenoxy) is 1. The van der Waals surface area contributed by atoms with Crippen LogP contribution in [-0.2, 0) is 29.1 Å². The van der Waals surface area contributed by atoms with Crippen molar-refractivity contribution in [1.82, 2.24) is 9.78 Å². The molecule has 2 aliphatic carbocycles. The lowest BCUT2D eigenvalue weighted by Gasteiger charge is -2.30. The Morgan fingerprint density at radius 1 is 1.06 bits per heavy atom. The van der Waals surface area contributed by atoms with Crippen molar-refractivity contribution < 1.29 is 19.4 Å². The predicted octanol–water partition coefficient (Wildman–Crippen LogP) is 5.56. The fourth-order valence-corrected chi connectivity index (χ4v) is 4.77. The first-order valence-electron chi connectivity index (χ1n) is 11.6. The molecule has 31 heavy (non-hydrogen) atoms. The van der Waals surface area contributed by atoms with Crippen molar-refractivity contribution in [2.24, 2.45) is 10.8 Å². The molecule has 6 nitrogen and oxygen atoms in total. The highest BCUT2D eigenvalue weighted by Gasteiger charge is 2.32. The van der Waals surface area contributed by atoms with E-state index in [0.29, 0.717) is 17.9 Å². The van der Waals surface area contributed by atoms with E-state index >= 15 is 0 Å². The van der Waals surface area contributed by atoms with E-state index in [9.17, 15) is 14.7 Å². The van der Waals surface area contributed by atoms with Crippen molar-refractivity contribution in [1.29, 1.82) is 0 Å². The van der Waals surface area contributed by atoms with Crippen LogP contribution in [-0.4, -0.2) is 41.3 Å². The summed E-state index contributed by atoms with van der Waals surface area (Å²) in [6.45, 7) is 16.9. The van der Waals surface area contributed by atoms with E-state index in [4.69, 9.17) is 4.74 Å². The second-order valence-corrected chi connectivity index (χ2v) is 17.6. The average molecular weight is 451 g/mol. The molecule has 1 aromatic heterocycles. The number of aromatic nitrogens is 2. The minimum Gasteiger partial charge on any atom is -0.476 e. The van der Waals surface area contributed by atoms with E-state index in [0.717, 1.165) is 68.9 Å². The zero-order valence-corrected chi connectivity index (χ0v) is 21.6. The highest BCUT2D eigenvalue weighted by atomic mass is 28.3. The minimum atomic E-state index is -1.11. The topological polar surface area (TPSA) is 81.4 Å². The van der Waals surface area contributed by atoms with Gasteiger partial charge in [0, 0.05) is 38.8 Å². The van der Waals surface area contributed by atoms with Crippen molar-refractivity contribution in [3.63, 3.8) is 0 Å². The van der Waals surface area contributed by atoms with Gasteiger partial charge in [-0.05, 0) is 49.0 Å². The molecule has 1 fully saturated rings. The molecule has 1 heterocycles. The summed E-state index contributed by atoms with van der Waals surface area (Å²) in [6.07, 6.45) is 6.46. The maximum Gasteiger partial charge on any atom is 0.356 e. The van der Waals surface area contributed by atoms with Gasteiger partial charge in [-0.3, -0.25) is 4.79 Å². The lowest BCUT2D eigenvalue weighted by Crippen LogP contribution is -2.25. The lowest BCUT2D eigenvalue weighted by molar-refractivity contribution is -0.121. The van der Waals surface area contributed by atoms with Crippen LogP contribution in [0.5, 0.6) is 0 Å². The van der Waals surface area contributed by atoms with Crippen LogP contribution in [0.15, 0.2) is 0 Å². The van der Waals surface area contributed by atoms with Crippen molar-refractivity contribution in [3.05, 3.63) is 17.0 Å².